The molecule has 2 rings (SSSR count). The van der Waals surface area contributed by atoms with Gasteiger partial charge < -0.3 is 5.32 Å². The minimum atomic E-state index is -4.85. The maximum atomic E-state index is 12.7. The van der Waals surface area contributed by atoms with Gasteiger partial charge in [-0.25, -0.2) is 8.78 Å². The zero-order valence-electron chi connectivity index (χ0n) is 9.87. The molecule has 0 fully saturated rings. The molecule has 2 aromatic heterocycles. The molecule has 0 aromatic carbocycles. The Hall–Kier alpha value is -2.14. The van der Waals surface area contributed by atoms with E-state index in [2.05, 4.69) is 15.3 Å². The lowest BCUT2D eigenvalue weighted by Crippen LogP contribution is -2.35. The first-order valence-electron chi connectivity index (χ1n) is 5.31. The number of nitrogens with one attached hydrogen (secondary N) is 1. The first kappa shape index (κ1) is 15.3. The van der Waals surface area contributed by atoms with Crippen molar-refractivity contribution in [3.63, 3.8) is 0 Å². The molecule has 0 aliphatic heterocycles. The molecule has 21 heavy (non-hydrogen) atoms. The van der Waals surface area contributed by atoms with Gasteiger partial charge in [0.25, 0.3) is 5.82 Å². The highest BCUT2D eigenvalue weighted by Crippen LogP contribution is 2.28. The Morgan fingerprint density at radius 3 is 2.33 bits per heavy atom. The number of nitrogens with zero attached hydrogens (tertiary/aromatic N) is 4. The Kier molecular flexibility index (Phi) is 3.63. The molecular formula is C9H6F7N5. The molecule has 12 heteroatoms. The molecule has 0 aliphatic carbocycles. The minimum Gasteiger partial charge on any atom is -0.362 e. The summed E-state index contributed by atoms with van der Waals surface area (Å²) in [5.74, 6) is -6.24. The summed E-state index contributed by atoms with van der Waals surface area (Å²) in [6.45, 7) is -1.48. The van der Waals surface area contributed by atoms with E-state index in [-0.39, 0.29) is 10.2 Å². The van der Waals surface area contributed by atoms with E-state index in [4.69, 9.17) is 0 Å². The van der Waals surface area contributed by atoms with E-state index < -0.39 is 36.7 Å². The highest BCUT2D eigenvalue weighted by molar-refractivity contribution is 5.44. The SMILES string of the molecule is FC(F)C(F)(F)CNc1ccc2nnc(C(F)(F)F)n2n1. The number of fused-ring (bicyclic) bond motifs is 1. The lowest BCUT2D eigenvalue weighted by Gasteiger charge is -2.16. The topological polar surface area (TPSA) is 55.1 Å². The van der Waals surface area contributed by atoms with E-state index in [9.17, 15) is 30.7 Å². The highest BCUT2D eigenvalue weighted by Gasteiger charge is 2.41. The molecule has 0 atom stereocenters. The van der Waals surface area contributed by atoms with Crippen LogP contribution in [0.3, 0.4) is 0 Å². The molecule has 1 N–H and O–H groups in total. The number of alkyl halides is 7. The molecule has 0 unspecified atom stereocenters. The van der Waals surface area contributed by atoms with Crippen LogP contribution in [-0.4, -0.2) is 38.7 Å². The minimum absolute atomic E-state index is 0.270. The van der Waals surface area contributed by atoms with Crippen LogP contribution in [-0.2, 0) is 6.18 Å². The van der Waals surface area contributed by atoms with Crippen molar-refractivity contribution < 1.29 is 30.7 Å². The lowest BCUT2D eigenvalue weighted by molar-refractivity contribution is -0.146. The molecule has 0 spiro atoms. The summed E-state index contributed by atoms with van der Waals surface area (Å²) in [5.41, 5.74) is -0.270. The second-order valence-electron chi connectivity index (χ2n) is 3.93. The van der Waals surface area contributed by atoms with Gasteiger partial charge in [0.05, 0.1) is 6.54 Å². The summed E-state index contributed by atoms with van der Waals surface area (Å²) in [5, 5.41) is 11.3. The zero-order valence-corrected chi connectivity index (χ0v) is 9.87. The second kappa shape index (κ2) is 5.00. The van der Waals surface area contributed by atoms with Crippen LogP contribution >= 0.6 is 0 Å². The number of halogens is 7. The molecule has 116 valence electrons. The van der Waals surface area contributed by atoms with Gasteiger partial charge in [0, 0.05) is 0 Å². The van der Waals surface area contributed by atoms with Crippen LogP contribution < -0.4 is 5.32 Å². The molecule has 5 nitrogen and oxygen atoms in total. The van der Waals surface area contributed by atoms with Crippen LogP contribution in [0.4, 0.5) is 36.6 Å². The molecule has 0 bridgehead atoms. The van der Waals surface area contributed by atoms with E-state index in [1.54, 1.807) is 0 Å². The van der Waals surface area contributed by atoms with Gasteiger partial charge in [-0.2, -0.15) is 26.5 Å². The first-order valence-corrected chi connectivity index (χ1v) is 5.31. The Labute approximate surface area is 111 Å². The molecule has 2 aromatic rings. The van der Waals surface area contributed by atoms with E-state index in [1.165, 1.54) is 0 Å². The second-order valence-corrected chi connectivity index (χ2v) is 3.93. The van der Waals surface area contributed by atoms with Crippen LogP contribution in [0.5, 0.6) is 0 Å². The van der Waals surface area contributed by atoms with Gasteiger partial charge in [-0.05, 0) is 12.1 Å². The standard InChI is InChI=1S/C9H6F7N5/c10-6(11)8(12,13)3-17-4-1-2-5-18-19-7(9(14,15)16)21(5)20-4/h1-2,6H,3H2,(H,17,20). The Balaban J connectivity index is 2.27. The Morgan fingerprint density at radius 2 is 1.76 bits per heavy atom. The van der Waals surface area contributed by atoms with E-state index in [0.29, 0.717) is 0 Å². The molecule has 0 saturated heterocycles. The quantitative estimate of drug-likeness (QED) is 0.880. The van der Waals surface area contributed by atoms with Crippen LogP contribution in [0.1, 0.15) is 5.82 Å². The van der Waals surface area contributed by atoms with Gasteiger partial charge in [0.2, 0.25) is 0 Å². The fourth-order valence-electron chi connectivity index (χ4n) is 1.35. The van der Waals surface area contributed by atoms with Gasteiger partial charge in [-0.3, -0.25) is 0 Å². The van der Waals surface area contributed by atoms with Crippen LogP contribution in [0.15, 0.2) is 12.1 Å². The van der Waals surface area contributed by atoms with Crippen molar-refractivity contribution in [2.75, 3.05) is 11.9 Å². The van der Waals surface area contributed by atoms with Gasteiger partial charge >= 0.3 is 18.5 Å². The first-order chi connectivity index (χ1) is 9.61. The maximum Gasteiger partial charge on any atom is 0.453 e. The van der Waals surface area contributed by atoms with E-state index >= 15 is 0 Å². The highest BCUT2D eigenvalue weighted by atomic mass is 19.4. The van der Waals surface area contributed by atoms with Crippen molar-refractivity contribution in [3.05, 3.63) is 18.0 Å². The van der Waals surface area contributed by atoms with Gasteiger partial charge in [-0.1, -0.05) is 0 Å². The molecular weight excluding hydrogens is 311 g/mol. The third-order valence-electron chi connectivity index (χ3n) is 2.34. The average Bonchev–Trinajstić information content (AvgIpc) is 2.79. The Morgan fingerprint density at radius 1 is 1.10 bits per heavy atom. The number of hydrogen-bond donors (Lipinski definition) is 1. The van der Waals surface area contributed by atoms with Crippen LogP contribution in [0.25, 0.3) is 5.65 Å². The summed E-state index contributed by atoms with van der Waals surface area (Å²) < 4.78 is 87.3. The summed E-state index contributed by atoms with van der Waals surface area (Å²) in [6.07, 6.45) is -8.76. The number of hydrogen-bond acceptors (Lipinski definition) is 4. The van der Waals surface area contributed by atoms with Crippen LogP contribution in [0.2, 0.25) is 0 Å². The number of aromatic nitrogens is 4. The largest absolute Gasteiger partial charge is 0.453 e. The summed E-state index contributed by atoms with van der Waals surface area (Å²) in [4.78, 5) is 0. The fourth-order valence-corrected chi connectivity index (χ4v) is 1.35. The summed E-state index contributed by atoms with van der Waals surface area (Å²) in [7, 11) is 0. The summed E-state index contributed by atoms with van der Waals surface area (Å²) >= 11 is 0. The molecule has 2 heterocycles. The van der Waals surface area contributed by atoms with Crippen LogP contribution in [0, 0.1) is 0 Å². The van der Waals surface area contributed by atoms with Crippen molar-refractivity contribution in [3.8, 4) is 0 Å². The molecule has 0 radical (unpaired) electrons. The van der Waals surface area contributed by atoms with Gasteiger partial charge in [0.15, 0.2) is 5.65 Å². The predicted molar refractivity (Wildman–Crippen MR) is 55.2 cm³/mol. The van der Waals surface area contributed by atoms with Crippen molar-refractivity contribution >= 4 is 11.5 Å². The third-order valence-corrected chi connectivity index (χ3v) is 2.34. The van der Waals surface area contributed by atoms with Crippen molar-refractivity contribution in [2.45, 2.75) is 18.5 Å². The molecule has 0 saturated carbocycles. The number of rotatable bonds is 4. The Bertz CT molecular complexity index is 635. The zero-order chi connectivity index (χ0) is 15.8. The monoisotopic (exact) mass is 317 g/mol. The van der Waals surface area contributed by atoms with Gasteiger partial charge in [0.1, 0.15) is 5.82 Å². The van der Waals surface area contributed by atoms with E-state index in [1.807, 2.05) is 5.32 Å². The molecule has 0 amide bonds. The van der Waals surface area contributed by atoms with Gasteiger partial charge in [-0.15, -0.1) is 15.3 Å². The fraction of sp³-hybridized carbons (Fsp3) is 0.444. The normalized spacial score (nSPS) is 13.1. The van der Waals surface area contributed by atoms with Crippen molar-refractivity contribution in [1.82, 2.24) is 19.8 Å². The van der Waals surface area contributed by atoms with Crippen molar-refractivity contribution in [1.29, 1.82) is 0 Å². The number of anilines is 1. The smallest absolute Gasteiger partial charge is 0.362 e. The third kappa shape index (κ3) is 3.13. The van der Waals surface area contributed by atoms with E-state index in [0.717, 1.165) is 12.1 Å². The maximum absolute atomic E-state index is 12.7. The lowest BCUT2D eigenvalue weighted by atomic mass is 10.3. The molecule has 0 aliphatic rings. The predicted octanol–water partition coefficient (Wildman–Crippen LogP) is 2.46. The van der Waals surface area contributed by atoms with Crippen molar-refractivity contribution in [2.24, 2.45) is 0 Å². The average molecular weight is 317 g/mol. The summed E-state index contributed by atoms with van der Waals surface area (Å²) in [6, 6.07) is 2.05.